The van der Waals surface area contributed by atoms with Gasteiger partial charge in [-0.3, -0.25) is 14.9 Å². The second-order valence-corrected chi connectivity index (χ2v) is 9.65. The van der Waals surface area contributed by atoms with Gasteiger partial charge in [0.25, 0.3) is 0 Å². The Morgan fingerprint density at radius 3 is 2.38 bits per heavy atom. The Bertz CT molecular complexity index is 1240. The van der Waals surface area contributed by atoms with E-state index in [1.54, 1.807) is 24.3 Å². The number of carbonyl (C=O) groups is 2. The zero-order valence-corrected chi connectivity index (χ0v) is 19.1. The zero-order chi connectivity index (χ0) is 24.0. The van der Waals surface area contributed by atoms with Crippen molar-refractivity contribution in [2.45, 2.75) is 37.8 Å². The molecule has 174 valence electrons. The number of ketones is 1. The molecule has 0 bridgehead atoms. The highest BCUT2D eigenvalue weighted by molar-refractivity contribution is 6.09. The number of amides is 1. The lowest BCUT2D eigenvalue weighted by Gasteiger charge is -2.32. The van der Waals surface area contributed by atoms with Gasteiger partial charge in [0.05, 0.1) is 0 Å². The minimum absolute atomic E-state index is 0.0791. The molecule has 34 heavy (non-hydrogen) atoms. The van der Waals surface area contributed by atoms with Crippen LogP contribution in [0.4, 0.5) is 10.1 Å². The summed E-state index contributed by atoms with van der Waals surface area (Å²) in [4.78, 5) is 27.7. The second-order valence-electron chi connectivity index (χ2n) is 9.65. The molecule has 6 heteroatoms. The van der Waals surface area contributed by atoms with Crippen molar-refractivity contribution in [2.75, 3.05) is 5.32 Å². The Kier molecular flexibility index (Phi) is 5.48. The summed E-state index contributed by atoms with van der Waals surface area (Å²) in [5.41, 5.74) is 1.54. The quantitative estimate of drug-likeness (QED) is 0.471. The van der Waals surface area contributed by atoms with E-state index in [9.17, 15) is 19.1 Å². The topological polar surface area (TPSA) is 78.4 Å². The first kappa shape index (κ1) is 22.3. The van der Waals surface area contributed by atoms with Gasteiger partial charge in [-0.25, -0.2) is 4.39 Å². The fraction of sp³-hybridized carbons (Fsp3) is 0.286. The lowest BCUT2D eigenvalue weighted by molar-refractivity contribution is -0.122. The molecule has 0 saturated carbocycles. The number of halogens is 1. The summed E-state index contributed by atoms with van der Waals surface area (Å²) < 4.78 is 13.9. The van der Waals surface area contributed by atoms with E-state index in [2.05, 4.69) is 24.5 Å². The number of para-hydroxylation sites is 1. The van der Waals surface area contributed by atoms with Gasteiger partial charge in [0, 0.05) is 34.7 Å². The highest BCUT2D eigenvalue weighted by atomic mass is 19.1. The van der Waals surface area contributed by atoms with E-state index >= 15 is 0 Å². The Hall–Kier alpha value is -3.51. The summed E-state index contributed by atoms with van der Waals surface area (Å²) in [5, 5.41) is 16.3. The van der Waals surface area contributed by atoms with Gasteiger partial charge in [0.2, 0.25) is 5.91 Å². The molecule has 0 aromatic heterocycles. The molecule has 3 aromatic rings. The highest BCUT2D eigenvalue weighted by Crippen LogP contribution is 2.55. The first-order chi connectivity index (χ1) is 16.3. The number of hydrogen-bond acceptors (Lipinski definition) is 4. The number of anilines is 1. The third kappa shape index (κ3) is 3.49. The van der Waals surface area contributed by atoms with Crippen LogP contribution in [0, 0.1) is 17.7 Å². The van der Waals surface area contributed by atoms with Crippen LogP contribution in [-0.2, 0) is 10.3 Å². The molecular weight excluding hydrogens is 431 g/mol. The van der Waals surface area contributed by atoms with Crippen molar-refractivity contribution in [1.82, 2.24) is 5.32 Å². The van der Waals surface area contributed by atoms with Crippen LogP contribution in [0.15, 0.2) is 72.8 Å². The summed E-state index contributed by atoms with van der Waals surface area (Å²) in [6.07, 6.45) is 0.684. The molecule has 0 unspecified atom stereocenters. The Morgan fingerprint density at radius 1 is 1.03 bits per heavy atom. The number of rotatable bonds is 5. The summed E-state index contributed by atoms with van der Waals surface area (Å²) >= 11 is 0. The number of phenols is 1. The number of aromatic hydroxyl groups is 1. The largest absolute Gasteiger partial charge is 0.508 e. The standard InChI is InChI=1S/C28H27FN2O3/c1-16(2)15-23-24(26(33)18-9-13-20(32)14-10-18)25(17-7-11-19(29)12-8-17)28(31-23)21-5-3-4-6-22(21)30-27(28)34/h3-14,16,23-25,31-32H,15H2,1-2H3,(H,30,34)/t23-,24+,25-,28+/m0/s1. The maximum Gasteiger partial charge on any atom is 0.250 e. The highest BCUT2D eigenvalue weighted by Gasteiger charge is 2.63. The zero-order valence-electron chi connectivity index (χ0n) is 19.1. The Morgan fingerprint density at radius 2 is 1.71 bits per heavy atom. The number of fused-ring (bicyclic) bond motifs is 2. The van der Waals surface area contributed by atoms with Crippen molar-refractivity contribution in [1.29, 1.82) is 0 Å². The Labute approximate surface area is 198 Å². The molecule has 1 saturated heterocycles. The van der Waals surface area contributed by atoms with Gasteiger partial charge >= 0.3 is 0 Å². The molecule has 5 rings (SSSR count). The number of Topliss-reactive ketones (excluding diaryl/α,β-unsaturated/α-hetero) is 1. The summed E-state index contributed by atoms with van der Waals surface area (Å²) in [6, 6.07) is 19.5. The number of hydrogen-bond donors (Lipinski definition) is 3. The molecule has 5 nitrogen and oxygen atoms in total. The van der Waals surface area contributed by atoms with Crippen molar-refractivity contribution in [3.8, 4) is 5.75 Å². The molecule has 4 atom stereocenters. The predicted molar refractivity (Wildman–Crippen MR) is 128 cm³/mol. The first-order valence-electron chi connectivity index (χ1n) is 11.6. The monoisotopic (exact) mass is 458 g/mol. The number of nitrogens with one attached hydrogen (secondary N) is 2. The number of carbonyl (C=O) groups excluding carboxylic acids is 2. The molecule has 2 heterocycles. The van der Waals surface area contributed by atoms with Crippen LogP contribution in [-0.4, -0.2) is 22.8 Å². The lowest BCUT2D eigenvalue weighted by Crippen LogP contribution is -2.49. The van der Waals surface area contributed by atoms with Crippen LogP contribution in [0.25, 0.3) is 0 Å². The van der Waals surface area contributed by atoms with Gasteiger partial charge < -0.3 is 10.4 Å². The van der Waals surface area contributed by atoms with E-state index in [1.807, 2.05) is 24.3 Å². The molecule has 2 aliphatic rings. The fourth-order valence-corrected chi connectivity index (χ4v) is 5.70. The SMILES string of the molecule is CC(C)C[C@@H]1N[C@@]2(C(=O)Nc3ccccc32)[C@@H](c2ccc(F)cc2)[C@@H]1C(=O)c1ccc(O)cc1. The molecular formula is C28H27FN2O3. The number of phenolic OH excluding ortho intramolecular Hbond substituents is 1. The van der Waals surface area contributed by atoms with Crippen LogP contribution in [0.1, 0.15) is 47.7 Å². The predicted octanol–water partition coefficient (Wildman–Crippen LogP) is 4.98. The van der Waals surface area contributed by atoms with Crippen molar-refractivity contribution in [3.05, 3.63) is 95.3 Å². The van der Waals surface area contributed by atoms with Gasteiger partial charge in [-0.2, -0.15) is 0 Å². The van der Waals surface area contributed by atoms with E-state index in [1.165, 1.54) is 24.3 Å². The van der Waals surface area contributed by atoms with Crippen molar-refractivity contribution >= 4 is 17.4 Å². The fourth-order valence-electron chi connectivity index (χ4n) is 5.70. The molecule has 0 aliphatic carbocycles. The van der Waals surface area contributed by atoms with Crippen molar-refractivity contribution in [3.63, 3.8) is 0 Å². The van der Waals surface area contributed by atoms with Gasteiger partial charge in [-0.15, -0.1) is 0 Å². The van der Waals surface area contributed by atoms with Gasteiger partial charge in [-0.1, -0.05) is 44.2 Å². The van der Waals surface area contributed by atoms with E-state index in [4.69, 9.17) is 0 Å². The Balaban J connectivity index is 1.73. The summed E-state index contributed by atoms with van der Waals surface area (Å²) in [6.45, 7) is 4.18. The summed E-state index contributed by atoms with van der Waals surface area (Å²) in [7, 11) is 0. The van der Waals surface area contributed by atoms with E-state index in [0.29, 0.717) is 17.7 Å². The molecule has 3 N–H and O–H groups in total. The normalized spacial score (nSPS) is 25.5. The van der Waals surface area contributed by atoms with Crippen molar-refractivity contribution in [2.24, 2.45) is 11.8 Å². The van der Waals surface area contributed by atoms with Gasteiger partial charge in [0.15, 0.2) is 5.78 Å². The average molecular weight is 459 g/mol. The molecule has 1 spiro atoms. The summed E-state index contributed by atoms with van der Waals surface area (Å²) in [5.74, 6) is -1.47. The lowest BCUT2D eigenvalue weighted by atomic mass is 9.69. The van der Waals surface area contributed by atoms with Gasteiger partial charge in [-0.05, 0) is 60.4 Å². The van der Waals surface area contributed by atoms with Crippen molar-refractivity contribution < 1.29 is 19.1 Å². The van der Waals surface area contributed by atoms with Gasteiger partial charge in [0.1, 0.15) is 17.1 Å². The minimum atomic E-state index is -1.16. The third-order valence-electron chi connectivity index (χ3n) is 7.04. The molecule has 2 aliphatic heterocycles. The minimum Gasteiger partial charge on any atom is -0.508 e. The first-order valence-corrected chi connectivity index (χ1v) is 11.6. The van der Waals surface area contributed by atoms with E-state index < -0.39 is 17.4 Å². The van der Waals surface area contributed by atoms with E-state index in [0.717, 1.165) is 11.1 Å². The molecule has 0 radical (unpaired) electrons. The molecule has 1 fully saturated rings. The third-order valence-corrected chi connectivity index (χ3v) is 7.04. The smallest absolute Gasteiger partial charge is 0.250 e. The van der Waals surface area contributed by atoms with Crippen LogP contribution >= 0.6 is 0 Å². The maximum absolute atomic E-state index is 14.0. The molecule has 1 amide bonds. The van der Waals surface area contributed by atoms with Crippen LogP contribution in [0.5, 0.6) is 5.75 Å². The van der Waals surface area contributed by atoms with Crippen LogP contribution in [0.2, 0.25) is 0 Å². The second kappa shape index (κ2) is 8.37. The average Bonchev–Trinajstić information content (AvgIpc) is 3.29. The van der Waals surface area contributed by atoms with Crippen LogP contribution in [0.3, 0.4) is 0 Å². The van der Waals surface area contributed by atoms with E-state index in [-0.39, 0.29) is 35.2 Å². The maximum atomic E-state index is 14.0. The molecule has 3 aromatic carbocycles. The number of benzene rings is 3. The van der Waals surface area contributed by atoms with Crippen LogP contribution < -0.4 is 10.6 Å².